The van der Waals surface area contributed by atoms with Gasteiger partial charge in [0.2, 0.25) is 0 Å². The Hall–Kier alpha value is -2.07. The molecule has 0 aromatic heterocycles. The third-order valence-corrected chi connectivity index (χ3v) is 5.01. The number of rotatable bonds is 2. The van der Waals surface area contributed by atoms with Gasteiger partial charge >= 0.3 is 0 Å². The minimum Gasteiger partial charge on any atom is -0.503 e. The van der Waals surface area contributed by atoms with Gasteiger partial charge in [-0.15, -0.1) is 0 Å². The first-order valence-corrected chi connectivity index (χ1v) is 8.62. The molecule has 0 saturated carbocycles. The lowest BCUT2D eigenvalue weighted by Gasteiger charge is -2.20. The van der Waals surface area contributed by atoms with Crippen molar-refractivity contribution in [3.63, 3.8) is 0 Å². The van der Waals surface area contributed by atoms with Crippen LogP contribution < -0.4 is 4.74 Å². The summed E-state index contributed by atoms with van der Waals surface area (Å²) in [4.78, 5) is 12.9. The number of ketones is 1. The zero-order valence-corrected chi connectivity index (χ0v) is 15.5. The topological polar surface area (TPSA) is 46.5 Å². The van der Waals surface area contributed by atoms with Crippen LogP contribution in [0.3, 0.4) is 0 Å². The number of phenols is 1. The van der Waals surface area contributed by atoms with Gasteiger partial charge in [0.05, 0.1) is 11.6 Å². The molecule has 2 aromatic carbocycles. The molecule has 0 unspecified atom stereocenters. The number of halogens is 1. The third kappa shape index (κ3) is 2.98. The molecule has 0 radical (unpaired) electrons. The predicted molar refractivity (Wildman–Crippen MR) is 98.9 cm³/mol. The van der Waals surface area contributed by atoms with Crippen molar-refractivity contribution in [3.8, 4) is 11.5 Å². The second-order valence-corrected chi connectivity index (χ2v) is 7.01. The van der Waals surface area contributed by atoms with Gasteiger partial charge in [0.15, 0.2) is 17.3 Å². The molecule has 0 fully saturated rings. The SMILES string of the molecule is COc1cc(/C=C2\CCc3c(C)cc(C)cc3C2=O)cc(Br)c1O. The van der Waals surface area contributed by atoms with Crippen LogP contribution in [0.2, 0.25) is 0 Å². The number of carbonyl (C=O) groups excluding carboxylic acids is 1. The first-order chi connectivity index (χ1) is 11.4. The largest absolute Gasteiger partial charge is 0.503 e. The summed E-state index contributed by atoms with van der Waals surface area (Å²) < 4.78 is 5.72. The number of fused-ring (bicyclic) bond motifs is 1. The average molecular weight is 387 g/mol. The van der Waals surface area contributed by atoms with Crippen LogP contribution in [0.25, 0.3) is 6.08 Å². The lowest BCUT2D eigenvalue weighted by atomic mass is 9.83. The van der Waals surface area contributed by atoms with Crippen molar-refractivity contribution in [2.75, 3.05) is 7.11 Å². The quantitative estimate of drug-likeness (QED) is 0.739. The van der Waals surface area contributed by atoms with E-state index in [9.17, 15) is 9.90 Å². The molecule has 1 N–H and O–H groups in total. The van der Waals surface area contributed by atoms with Crippen LogP contribution in [0, 0.1) is 13.8 Å². The molecule has 0 heterocycles. The molecule has 0 bridgehead atoms. The van der Waals surface area contributed by atoms with E-state index in [4.69, 9.17) is 4.74 Å². The Morgan fingerprint density at radius 3 is 2.62 bits per heavy atom. The highest BCUT2D eigenvalue weighted by Crippen LogP contribution is 2.37. The molecule has 0 saturated heterocycles. The summed E-state index contributed by atoms with van der Waals surface area (Å²) in [5.41, 5.74) is 5.88. The molecule has 1 aliphatic carbocycles. The Balaban J connectivity index is 2.04. The average Bonchev–Trinajstić information content (AvgIpc) is 2.53. The molecular formula is C20H19BrO3. The van der Waals surface area contributed by atoms with Gasteiger partial charge in [0, 0.05) is 11.1 Å². The van der Waals surface area contributed by atoms with Crippen LogP contribution in [0.1, 0.15) is 39.0 Å². The van der Waals surface area contributed by atoms with Gasteiger partial charge in [0.1, 0.15) is 0 Å². The molecular weight excluding hydrogens is 368 g/mol. The molecule has 0 spiro atoms. The van der Waals surface area contributed by atoms with E-state index in [0.717, 1.165) is 40.7 Å². The van der Waals surface area contributed by atoms with Gasteiger partial charge in [-0.2, -0.15) is 0 Å². The molecule has 0 atom stereocenters. The highest BCUT2D eigenvalue weighted by molar-refractivity contribution is 9.10. The van der Waals surface area contributed by atoms with Crippen LogP contribution in [0.5, 0.6) is 11.5 Å². The summed E-state index contributed by atoms with van der Waals surface area (Å²) in [5, 5.41) is 9.91. The van der Waals surface area contributed by atoms with Gasteiger partial charge in [-0.3, -0.25) is 4.79 Å². The van der Waals surface area contributed by atoms with Crippen molar-refractivity contribution in [2.24, 2.45) is 0 Å². The molecule has 1 aliphatic rings. The summed E-state index contributed by atoms with van der Waals surface area (Å²) in [5.74, 6) is 0.531. The standard InChI is InChI=1S/C20H19BrO3/c1-11-6-12(2)15-5-4-14(19(22)16(15)7-11)8-13-9-17(21)20(23)18(10-13)24-3/h6-10,23H,4-5H2,1-3H3/b14-8+. The molecule has 3 rings (SSSR count). The van der Waals surface area contributed by atoms with E-state index in [1.807, 2.05) is 19.1 Å². The van der Waals surface area contributed by atoms with Crippen LogP contribution in [0.4, 0.5) is 0 Å². The van der Waals surface area contributed by atoms with Gasteiger partial charge in [0.25, 0.3) is 0 Å². The zero-order chi connectivity index (χ0) is 17.4. The number of Topliss-reactive ketones (excluding diaryl/α,β-unsaturated/α-hetero) is 1. The Labute approximate surface area is 150 Å². The Kier molecular flexibility index (Phi) is 4.50. The summed E-state index contributed by atoms with van der Waals surface area (Å²) in [7, 11) is 1.51. The Bertz CT molecular complexity index is 866. The fraction of sp³-hybridized carbons (Fsp3) is 0.250. The molecule has 4 heteroatoms. The van der Waals surface area contributed by atoms with Crippen LogP contribution >= 0.6 is 15.9 Å². The van der Waals surface area contributed by atoms with Crippen LogP contribution in [0.15, 0.2) is 34.3 Å². The minimum absolute atomic E-state index is 0.0613. The number of aryl methyl sites for hydroxylation is 2. The summed E-state index contributed by atoms with van der Waals surface area (Å²) in [6, 6.07) is 7.63. The second kappa shape index (κ2) is 6.44. The van der Waals surface area contributed by atoms with Crippen molar-refractivity contribution in [1.82, 2.24) is 0 Å². The van der Waals surface area contributed by atoms with Crippen molar-refractivity contribution in [3.05, 3.63) is 62.1 Å². The van der Waals surface area contributed by atoms with E-state index >= 15 is 0 Å². The van der Waals surface area contributed by atoms with Crippen molar-refractivity contribution in [2.45, 2.75) is 26.7 Å². The highest BCUT2D eigenvalue weighted by atomic mass is 79.9. The van der Waals surface area contributed by atoms with Crippen LogP contribution in [-0.4, -0.2) is 18.0 Å². The Morgan fingerprint density at radius 1 is 1.17 bits per heavy atom. The fourth-order valence-electron chi connectivity index (χ4n) is 3.25. The number of hydrogen-bond acceptors (Lipinski definition) is 3. The monoisotopic (exact) mass is 386 g/mol. The summed E-state index contributed by atoms with van der Waals surface area (Å²) >= 11 is 3.32. The second-order valence-electron chi connectivity index (χ2n) is 6.16. The van der Waals surface area contributed by atoms with E-state index in [-0.39, 0.29) is 11.5 Å². The van der Waals surface area contributed by atoms with Gasteiger partial charge in [-0.25, -0.2) is 0 Å². The third-order valence-electron chi connectivity index (χ3n) is 4.41. The van der Waals surface area contributed by atoms with E-state index < -0.39 is 0 Å². The van der Waals surface area contributed by atoms with E-state index in [0.29, 0.717) is 10.2 Å². The van der Waals surface area contributed by atoms with Crippen LogP contribution in [-0.2, 0) is 6.42 Å². The molecule has 2 aromatic rings. The molecule has 124 valence electrons. The maximum Gasteiger partial charge on any atom is 0.189 e. The zero-order valence-electron chi connectivity index (χ0n) is 13.9. The Morgan fingerprint density at radius 2 is 1.92 bits per heavy atom. The molecule has 0 amide bonds. The number of ether oxygens (including phenoxy) is 1. The number of benzene rings is 2. The van der Waals surface area contributed by atoms with Gasteiger partial charge in [-0.05, 0) is 83.6 Å². The van der Waals surface area contributed by atoms with Gasteiger partial charge < -0.3 is 9.84 Å². The number of phenolic OH excluding ortho intramolecular Hbond substituents is 1. The lowest BCUT2D eigenvalue weighted by molar-refractivity contribution is 0.102. The molecule has 0 aliphatic heterocycles. The predicted octanol–water partition coefficient (Wildman–Crippen LogP) is 4.99. The number of aromatic hydroxyl groups is 1. The fourth-order valence-corrected chi connectivity index (χ4v) is 3.71. The van der Waals surface area contributed by atoms with Gasteiger partial charge in [-0.1, -0.05) is 11.6 Å². The number of carbonyl (C=O) groups is 1. The van der Waals surface area contributed by atoms with Crippen molar-refractivity contribution < 1.29 is 14.6 Å². The minimum atomic E-state index is 0.0613. The first-order valence-electron chi connectivity index (χ1n) is 7.82. The number of hydrogen-bond donors (Lipinski definition) is 1. The number of methoxy groups -OCH3 is 1. The highest BCUT2D eigenvalue weighted by Gasteiger charge is 2.23. The number of allylic oxidation sites excluding steroid dienone is 1. The summed E-state index contributed by atoms with van der Waals surface area (Å²) in [6.45, 7) is 4.08. The summed E-state index contributed by atoms with van der Waals surface area (Å²) in [6.07, 6.45) is 3.47. The smallest absolute Gasteiger partial charge is 0.189 e. The lowest BCUT2D eigenvalue weighted by Crippen LogP contribution is -2.15. The van der Waals surface area contributed by atoms with E-state index in [2.05, 4.69) is 28.9 Å². The van der Waals surface area contributed by atoms with Crippen molar-refractivity contribution >= 4 is 27.8 Å². The first kappa shape index (κ1) is 16.8. The van der Waals surface area contributed by atoms with E-state index in [1.165, 1.54) is 12.7 Å². The van der Waals surface area contributed by atoms with E-state index in [1.54, 1.807) is 12.1 Å². The molecule has 24 heavy (non-hydrogen) atoms. The normalized spacial score (nSPS) is 15.5. The maximum atomic E-state index is 12.9. The van der Waals surface area contributed by atoms with Crippen molar-refractivity contribution in [1.29, 1.82) is 0 Å². The maximum absolute atomic E-state index is 12.9. The molecule has 3 nitrogen and oxygen atoms in total.